The Morgan fingerprint density at radius 1 is 1.25 bits per heavy atom. The fourth-order valence-corrected chi connectivity index (χ4v) is 4.76. The summed E-state index contributed by atoms with van der Waals surface area (Å²) in [4.78, 5) is 16.5. The van der Waals surface area contributed by atoms with Crippen molar-refractivity contribution in [1.82, 2.24) is 10.2 Å². The fourth-order valence-electron chi connectivity index (χ4n) is 4.54. The highest BCUT2D eigenvalue weighted by Crippen LogP contribution is 2.28. The molecule has 1 amide bonds. The van der Waals surface area contributed by atoms with Crippen LogP contribution in [0.3, 0.4) is 0 Å². The molecule has 1 aromatic carbocycles. The van der Waals surface area contributed by atoms with Gasteiger partial charge in [0.2, 0.25) is 5.91 Å². The molecule has 2 N–H and O–H groups in total. The maximum absolute atomic E-state index is 12.1. The molecule has 2 fully saturated rings. The lowest BCUT2D eigenvalue weighted by molar-refractivity contribution is -0.117. The van der Waals surface area contributed by atoms with E-state index in [1.165, 1.54) is 19.5 Å². The second-order valence-corrected chi connectivity index (χ2v) is 9.00. The molecule has 2 heterocycles. The second kappa shape index (κ2) is 9.70. The Morgan fingerprint density at radius 2 is 2.00 bits per heavy atom. The van der Waals surface area contributed by atoms with Gasteiger partial charge in [0, 0.05) is 44.0 Å². The molecule has 5 nitrogen and oxygen atoms in total. The topological polar surface area (TPSA) is 47.6 Å². The number of thiocarbonyl (C=S) groups is 1. The van der Waals surface area contributed by atoms with E-state index >= 15 is 0 Å². The largest absolute Gasteiger partial charge is 0.362 e. The van der Waals surface area contributed by atoms with Gasteiger partial charge in [0.25, 0.3) is 0 Å². The zero-order chi connectivity index (χ0) is 20.1. The Balaban J connectivity index is 1.44. The smallest absolute Gasteiger partial charge is 0.227 e. The number of aryl methyl sites for hydroxylation is 1. The lowest BCUT2D eigenvalue weighted by Crippen LogP contribution is -2.40. The van der Waals surface area contributed by atoms with Crippen molar-refractivity contribution < 1.29 is 4.79 Å². The molecule has 2 atom stereocenters. The summed E-state index contributed by atoms with van der Waals surface area (Å²) in [6.45, 7) is 12.0. The molecule has 0 bridgehead atoms. The van der Waals surface area contributed by atoms with E-state index in [1.807, 2.05) is 30.0 Å². The van der Waals surface area contributed by atoms with Crippen molar-refractivity contribution in [3.8, 4) is 0 Å². The summed E-state index contributed by atoms with van der Waals surface area (Å²) in [6.07, 6.45) is 4.02. The number of carbonyl (C=O) groups is 1. The van der Waals surface area contributed by atoms with Crippen LogP contribution in [0.25, 0.3) is 0 Å². The Hall–Kier alpha value is -1.66. The van der Waals surface area contributed by atoms with Gasteiger partial charge in [0.15, 0.2) is 5.11 Å². The first kappa shape index (κ1) is 21.1. The average Bonchev–Trinajstić information content (AvgIpc) is 3.05. The summed E-state index contributed by atoms with van der Waals surface area (Å²) in [5, 5.41) is 7.23. The Kier molecular flexibility index (Phi) is 7.30. The van der Waals surface area contributed by atoms with Gasteiger partial charge in [-0.05, 0) is 74.5 Å². The third kappa shape index (κ3) is 5.67. The highest BCUT2D eigenvalue weighted by atomic mass is 32.1. The second-order valence-electron chi connectivity index (χ2n) is 8.59. The molecule has 0 radical (unpaired) electrons. The maximum atomic E-state index is 12.1. The number of carbonyl (C=O) groups excluding carboxylic acids is 1. The van der Waals surface area contributed by atoms with Crippen molar-refractivity contribution in [2.24, 2.45) is 11.8 Å². The molecule has 2 aliphatic heterocycles. The van der Waals surface area contributed by atoms with Crippen molar-refractivity contribution >= 4 is 34.6 Å². The number of likely N-dealkylation sites (tertiary alicyclic amines) is 1. The van der Waals surface area contributed by atoms with Crippen LogP contribution in [0.5, 0.6) is 0 Å². The van der Waals surface area contributed by atoms with Gasteiger partial charge in [-0.3, -0.25) is 4.79 Å². The van der Waals surface area contributed by atoms with Crippen molar-refractivity contribution in [3.63, 3.8) is 0 Å². The number of amides is 1. The minimum Gasteiger partial charge on any atom is -0.362 e. The molecule has 0 aromatic heterocycles. The van der Waals surface area contributed by atoms with Gasteiger partial charge < -0.3 is 20.4 Å². The molecule has 2 aliphatic rings. The first-order valence-corrected chi connectivity index (χ1v) is 11.0. The lowest BCUT2D eigenvalue weighted by Gasteiger charge is -2.35. The fraction of sp³-hybridized carbons (Fsp3) is 0.636. The average molecular weight is 403 g/mol. The minimum absolute atomic E-state index is 0.210. The van der Waals surface area contributed by atoms with E-state index in [9.17, 15) is 4.79 Å². The van der Waals surface area contributed by atoms with Crippen molar-refractivity contribution in [2.45, 2.75) is 46.5 Å². The SMILES string of the molecule is Cc1ccc(NC(=S)NCCCN2CC(C)CC(C)C2)cc1N1CCCC1=O. The summed E-state index contributed by atoms with van der Waals surface area (Å²) in [7, 11) is 0. The molecule has 1 aromatic rings. The zero-order valence-electron chi connectivity index (χ0n) is 17.5. The van der Waals surface area contributed by atoms with Gasteiger partial charge in [0.05, 0.1) is 0 Å². The number of benzene rings is 1. The van der Waals surface area contributed by atoms with Gasteiger partial charge in [0.1, 0.15) is 0 Å². The number of anilines is 2. The normalized spacial score (nSPS) is 23.1. The number of nitrogens with zero attached hydrogens (tertiary/aromatic N) is 2. The third-order valence-electron chi connectivity index (χ3n) is 5.71. The van der Waals surface area contributed by atoms with Crippen LogP contribution < -0.4 is 15.5 Å². The van der Waals surface area contributed by atoms with Gasteiger partial charge >= 0.3 is 0 Å². The molecule has 6 heteroatoms. The van der Waals surface area contributed by atoms with Crippen LogP contribution in [-0.4, -0.2) is 48.6 Å². The zero-order valence-corrected chi connectivity index (χ0v) is 18.3. The van der Waals surface area contributed by atoms with E-state index in [2.05, 4.69) is 29.4 Å². The van der Waals surface area contributed by atoms with Gasteiger partial charge in [-0.15, -0.1) is 0 Å². The Bertz CT molecular complexity index is 698. The van der Waals surface area contributed by atoms with Crippen LogP contribution in [0.15, 0.2) is 18.2 Å². The molecule has 0 spiro atoms. The maximum Gasteiger partial charge on any atom is 0.227 e. The summed E-state index contributed by atoms with van der Waals surface area (Å²) in [5.74, 6) is 1.82. The summed E-state index contributed by atoms with van der Waals surface area (Å²) < 4.78 is 0. The van der Waals surface area contributed by atoms with E-state index in [0.717, 1.165) is 61.2 Å². The molecule has 0 saturated carbocycles. The quantitative estimate of drug-likeness (QED) is 0.560. The van der Waals surface area contributed by atoms with Crippen LogP contribution in [0.4, 0.5) is 11.4 Å². The van der Waals surface area contributed by atoms with Gasteiger partial charge in [-0.1, -0.05) is 19.9 Å². The molecule has 2 unspecified atom stereocenters. The third-order valence-corrected chi connectivity index (χ3v) is 5.96. The van der Waals surface area contributed by atoms with Crippen LogP contribution in [0.1, 0.15) is 45.1 Å². The first-order valence-electron chi connectivity index (χ1n) is 10.6. The highest BCUT2D eigenvalue weighted by molar-refractivity contribution is 7.80. The molecule has 28 heavy (non-hydrogen) atoms. The Morgan fingerprint density at radius 3 is 2.68 bits per heavy atom. The molecule has 3 rings (SSSR count). The number of hydrogen-bond acceptors (Lipinski definition) is 3. The van der Waals surface area contributed by atoms with Crippen molar-refractivity contribution in [3.05, 3.63) is 23.8 Å². The highest BCUT2D eigenvalue weighted by Gasteiger charge is 2.23. The van der Waals surface area contributed by atoms with E-state index in [-0.39, 0.29) is 5.91 Å². The van der Waals surface area contributed by atoms with Crippen molar-refractivity contribution in [2.75, 3.05) is 42.9 Å². The molecule has 0 aliphatic carbocycles. The van der Waals surface area contributed by atoms with E-state index in [1.54, 1.807) is 0 Å². The number of rotatable bonds is 6. The van der Waals surface area contributed by atoms with Crippen LogP contribution >= 0.6 is 12.2 Å². The van der Waals surface area contributed by atoms with Gasteiger partial charge in [-0.2, -0.15) is 0 Å². The van der Waals surface area contributed by atoms with Crippen LogP contribution in [-0.2, 0) is 4.79 Å². The van der Waals surface area contributed by atoms with Crippen molar-refractivity contribution in [1.29, 1.82) is 0 Å². The van der Waals surface area contributed by atoms with Crippen LogP contribution in [0.2, 0.25) is 0 Å². The Labute approximate surface area is 174 Å². The summed E-state index contributed by atoms with van der Waals surface area (Å²) in [5.41, 5.74) is 3.03. The molecular weight excluding hydrogens is 368 g/mol. The summed E-state index contributed by atoms with van der Waals surface area (Å²) in [6, 6.07) is 6.09. The summed E-state index contributed by atoms with van der Waals surface area (Å²) >= 11 is 5.46. The molecular formula is C22H34N4OS. The number of hydrogen-bond donors (Lipinski definition) is 2. The van der Waals surface area contributed by atoms with E-state index in [4.69, 9.17) is 12.2 Å². The molecule has 2 saturated heterocycles. The predicted octanol–water partition coefficient (Wildman–Crippen LogP) is 3.78. The minimum atomic E-state index is 0.210. The van der Waals surface area contributed by atoms with Gasteiger partial charge in [-0.25, -0.2) is 0 Å². The predicted molar refractivity (Wildman–Crippen MR) is 121 cm³/mol. The number of piperidine rings is 1. The van der Waals surface area contributed by atoms with Crippen LogP contribution in [0, 0.1) is 18.8 Å². The standard InChI is InChI=1S/C22H34N4OS/c1-16-12-17(2)15-25(14-16)10-5-9-23-22(28)24-19-8-7-18(3)20(13-19)26-11-4-6-21(26)27/h7-8,13,16-17H,4-6,9-12,14-15H2,1-3H3,(H2,23,24,28). The van der Waals surface area contributed by atoms with E-state index in [0.29, 0.717) is 11.5 Å². The van der Waals surface area contributed by atoms with E-state index < -0.39 is 0 Å². The lowest BCUT2D eigenvalue weighted by atomic mass is 9.92. The number of nitrogens with one attached hydrogen (secondary N) is 2. The molecule has 154 valence electrons. The monoisotopic (exact) mass is 402 g/mol. The first-order chi connectivity index (χ1) is 13.4.